The number of aromatic nitrogens is 1. The van der Waals surface area contributed by atoms with E-state index < -0.39 is 0 Å². The van der Waals surface area contributed by atoms with Crippen LogP contribution in [0.1, 0.15) is 37.8 Å². The number of aryl methyl sites for hydroxylation is 1. The van der Waals surface area contributed by atoms with Gasteiger partial charge in [-0.1, -0.05) is 19.3 Å². The Morgan fingerprint density at radius 2 is 2.12 bits per heavy atom. The summed E-state index contributed by atoms with van der Waals surface area (Å²) in [6.07, 6.45) is 11.4. The van der Waals surface area contributed by atoms with E-state index in [1.165, 1.54) is 37.8 Å². The highest BCUT2D eigenvalue weighted by Gasteiger charge is 2.30. The molecule has 1 fully saturated rings. The molecule has 0 amide bonds. The van der Waals surface area contributed by atoms with Gasteiger partial charge in [0.05, 0.1) is 0 Å². The maximum atomic E-state index is 3.65. The highest BCUT2D eigenvalue weighted by molar-refractivity contribution is 8.00. The molecule has 1 aromatic rings. The molecular weight excluding hydrogens is 228 g/mol. The first-order valence-corrected chi connectivity index (χ1v) is 7.84. The van der Waals surface area contributed by atoms with Gasteiger partial charge >= 0.3 is 0 Å². The second kappa shape index (κ2) is 5.96. The van der Waals surface area contributed by atoms with Crippen LogP contribution in [0.5, 0.6) is 0 Å². The van der Waals surface area contributed by atoms with Gasteiger partial charge in [0.1, 0.15) is 0 Å². The fourth-order valence-corrected chi connectivity index (χ4v) is 3.69. The minimum atomic E-state index is 0.503. The standard InChI is InChI=1S/C14H24N2S/c1-16-10-6-7-13(16)11-15-12-14(17-2)8-4-3-5-9-14/h6-7,10,15H,3-5,8-9,11-12H2,1-2H3. The molecule has 1 heterocycles. The van der Waals surface area contributed by atoms with E-state index in [1.807, 2.05) is 0 Å². The second-order valence-corrected chi connectivity index (χ2v) is 6.44. The van der Waals surface area contributed by atoms with Crippen LogP contribution in [0, 0.1) is 0 Å². The van der Waals surface area contributed by atoms with Gasteiger partial charge in [0, 0.05) is 36.8 Å². The van der Waals surface area contributed by atoms with Gasteiger partial charge in [0.25, 0.3) is 0 Å². The Labute approximate surface area is 109 Å². The third-order valence-electron chi connectivity index (χ3n) is 4.00. The number of hydrogen-bond donors (Lipinski definition) is 1. The summed E-state index contributed by atoms with van der Waals surface area (Å²) in [5.74, 6) is 0. The Hall–Kier alpha value is -0.410. The van der Waals surface area contributed by atoms with E-state index in [-0.39, 0.29) is 0 Å². The molecule has 1 aliphatic rings. The molecule has 0 aliphatic heterocycles. The van der Waals surface area contributed by atoms with Crippen LogP contribution in [-0.4, -0.2) is 22.1 Å². The van der Waals surface area contributed by atoms with E-state index in [0.717, 1.165) is 13.1 Å². The lowest BCUT2D eigenvalue weighted by atomic mass is 9.88. The maximum Gasteiger partial charge on any atom is 0.0359 e. The number of hydrogen-bond acceptors (Lipinski definition) is 2. The predicted octanol–water partition coefficient (Wildman–Crippen LogP) is 3.18. The molecule has 1 N–H and O–H groups in total. The zero-order valence-electron chi connectivity index (χ0n) is 11.0. The molecule has 3 heteroatoms. The lowest BCUT2D eigenvalue weighted by Gasteiger charge is -2.36. The van der Waals surface area contributed by atoms with E-state index in [0.29, 0.717) is 4.75 Å². The van der Waals surface area contributed by atoms with E-state index in [1.54, 1.807) is 0 Å². The summed E-state index contributed by atoms with van der Waals surface area (Å²) in [6.45, 7) is 2.14. The number of thioether (sulfide) groups is 1. The molecule has 0 saturated heterocycles. The first-order valence-electron chi connectivity index (χ1n) is 6.62. The molecule has 2 rings (SSSR count). The minimum absolute atomic E-state index is 0.503. The Balaban J connectivity index is 1.82. The maximum absolute atomic E-state index is 3.65. The van der Waals surface area contributed by atoms with Crippen LogP contribution >= 0.6 is 11.8 Å². The lowest BCUT2D eigenvalue weighted by Crippen LogP contribution is -2.39. The predicted molar refractivity (Wildman–Crippen MR) is 76.5 cm³/mol. The van der Waals surface area contributed by atoms with E-state index in [4.69, 9.17) is 0 Å². The fraction of sp³-hybridized carbons (Fsp3) is 0.714. The lowest BCUT2D eigenvalue weighted by molar-refractivity contribution is 0.378. The number of rotatable bonds is 5. The van der Waals surface area contributed by atoms with E-state index in [9.17, 15) is 0 Å². The summed E-state index contributed by atoms with van der Waals surface area (Å²) in [5.41, 5.74) is 1.37. The van der Waals surface area contributed by atoms with E-state index >= 15 is 0 Å². The van der Waals surface area contributed by atoms with Crippen molar-refractivity contribution in [3.05, 3.63) is 24.0 Å². The fourth-order valence-electron chi connectivity index (χ4n) is 2.75. The van der Waals surface area contributed by atoms with Gasteiger partial charge in [-0.3, -0.25) is 0 Å². The number of nitrogens with zero attached hydrogens (tertiary/aromatic N) is 1. The van der Waals surface area contributed by atoms with Crippen LogP contribution in [0.3, 0.4) is 0 Å². The first kappa shape index (κ1) is 13.0. The summed E-state index contributed by atoms with van der Waals surface area (Å²) in [6, 6.07) is 4.31. The molecule has 96 valence electrons. The third kappa shape index (κ3) is 3.29. The molecular formula is C14H24N2S. The van der Waals surface area contributed by atoms with Crippen LogP contribution in [0.2, 0.25) is 0 Å². The molecule has 17 heavy (non-hydrogen) atoms. The Kier molecular flexibility index (Phi) is 4.57. The van der Waals surface area contributed by atoms with Crippen LogP contribution in [-0.2, 0) is 13.6 Å². The number of nitrogens with one attached hydrogen (secondary N) is 1. The van der Waals surface area contributed by atoms with Crippen molar-refractivity contribution in [1.29, 1.82) is 0 Å². The van der Waals surface area contributed by atoms with Crippen molar-refractivity contribution in [2.24, 2.45) is 7.05 Å². The van der Waals surface area contributed by atoms with Crippen LogP contribution < -0.4 is 5.32 Å². The Morgan fingerprint density at radius 1 is 1.35 bits per heavy atom. The highest BCUT2D eigenvalue weighted by Crippen LogP contribution is 2.37. The molecule has 0 bridgehead atoms. The molecule has 0 atom stereocenters. The SMILES string of the molecule is CSC1(CNCc2cccn2C)CCCCC1. The van der Waals surface area contributed by atoms with Crippen molar-refractivity contribution < 1.29 is 0 Å². The van der Waals surface area contributed by atoms with Gasteiger partial charge in [-0.05, 0) is 31.2 Å². The monoisotopic (exact) mass is 252 g/mol. The average molecular weight is 252 g/mol. The zero-order chi connectivity index (χ0) is 12.1. The first-order chi connectivity index (χ1) is 8.26. The summed E-state index contributed by atoms with van der Waals surface area (Å²) >= 11 is 2.07. The zero-order valence-corrected chi connectivity index (χ0v) is 11.9. The molecule has 0 aromatic carbocycles. The van der Waals surface area contributed by atoms with Gasteiger partial charge in [0.15, 0.2) is 0 Å². The summed E-state index contributed by atoms with van der Waals surface area (Å²) < 4.78 is 2.70. The van der Waals surface area contributed by atoms with Gasteiger partial charge in [-0.25, -0.2) is 0 Å². The summed E-state index contributed by atoms with van der Waals surface area (Å²) in [4.78, 5) is 0. The Morgan fingerprint density at radius 3 is 2.71 bits per heavy atom. The molecule has 1 saturated carbocycles. The molecule has 0 unspecified atom stereocenters. The Bertz CT molecular complexity index is 340. The summed E-state index contributed by atoms with van der Waals surface area (Å²) in [5, 5.41) is 3.65. The van der Waals surface area contributed by atoms with Crippen LogP contribution in [0.15, 0.2) is 18.3 Å². The topological polar surface area (TPSA) is 17.0 Å². The van der Waals surface area contributed by atoms with Gasteiger partial charge in [-0.15, -0.1) is 0 Å². The van der Waals surface area contributed by atoms with Gasteiger partial charge < -0.3 is 9.88 Å². The normalized spacial score (nSPS) is 19.4. The van der Waals surface area contributed by atoms with Crippen molar-refractivity contribution in [1.82, 2.24) is 9.88 Å². The minimum Gasteiger partial charge on any atom is -0.353 e. The molecule has 1 aromatic heterocycles. The van der Waals surface area contributed by atoms with Crippen molar-refractivity contribution in [2.75, 3.05) is 12.8 Å². The van der Waals surface area contributed by atoms with Gasteiger partial charge in [0.2, 0.25) is 0 Å². The molecule has 2 nitrogen and oxygen atoms in total. The van der Waals surface area contributed by atoms with Crippen molar-refractivity contribution >= 4 is 11.8 Å². The largest absolute Gasteiger partial charge is 0.353 e. The average Bonchev–Trinajstić information content (AvgIpc) is 2.76. The van der Waals surface area contributed by atoms with E-state index in [2.05, 4.69) is 53.3 Å². The van der Waals surface area contributed by atoms with Crippen molar-refractivity contribution in [3.8, 4) is 0 Å². The quantitative estimate of drug-likeness (QED) is 0.867. The third-order valence-corrected chi connectivity index (χ3v) is 5.42. The van der Waals surface area contributed by atoms with Crippen LogP contribution in [0.25, 0.3) is 0 Å². The second-order valence-electron chi connectivity index (χ2n) is 5.16. The van der Waals surface area contributed by atoms with Crippen molar-refractivity contribution in [2.45, 2.75) is 43.4 Å². The van der Waals surface area contributed by atoms with Gasteiger partial charge in [-0.2, -0.15) is 11.8 Å². The summed E-state index contributed by atoms with van der Waals surface area (Å²) in [7, 11) is 2.11. The smallest absolute Gasteiger partial charge is 0.0359 e. The molecule has 0 spiro atoms. The highest BCUT2D eigenvalue weighted by atomic mass is 32.2. The van der Waals surface area contributed by atoms with Crippen molar-refractivity contribution in [3.63, 3.8) is 0 Å². The van der Waals surface area contributed by atoms with Crippen LogP contribution in [0.4, 0.5) is 0 Å². The molecule has 1 aliphatic carbocycles. The molecule has 0 radical (unpaired) electrons.